The molecule has 17 heavy (non-hydrogen) atoms. The summed E-state index contributed by atoms with van der Waals surface area (Å²) in [5.41, 5.74) is 6.61. The fourth-order valence-electron chi connectivity index (χ4n) is 1.37. The molecule has 94 valence electrons. The zero-order valence-corrected chi connectivity index (χ0v) is 11.1. The predicted molar refractivity (Wildman–Crippen MR) is 69.0 cm³/mol. The lowest BCUT2D eigenvalue weighted by atomic mass is 10.2. The van der Waals surface area contributed by atoms with Crippen LogP contribution in [-0.4, -0.2) is 28.3 Å². The Labute approximate surface area is 105 Å². The number of thioether (sulfide) groups is 1. The van der Waals surface area contributed by atoms with Gasteiger partial charge in [0.15, 0.2) is 0 Å². The van der Waals surface area contributed by atoms with Gasteiger partial charge in [-0.1, -0.05) is 6.92 Å². The summed E-state index contributed by atoms with van der Waals surface area (Å²) in [6, 6.07) is 0. The van der Waals surface area contributed by atoms with Crippen LogP contribution in [0.15, 0.2) is 0 Å². The van der Waals surface area contributed by atoms with Crippen LogP contribution in [0, 0.1) is 6.92 Å². The summed E-state index contributed by atoms with van der Waals surface area (Å²) in [6.45, 7) is 5.86. The van der Waals surface area contributed by atoms with Crippen molar-refractivity contribution in [1.82, 2.24) is 9.97 Å². The Balaban J connectivity index is 2.97. The number of carbonyl (C=O) groups excluding carboxylic acids is 1. The van der Waals surface area contributed by atoms with E-state index in [1.807, 2.05) is 0 Å². The summed E-state index contributed by atoms with van der Waals surface area (Å²) in [4.78, 5) is 20.0. The van der Waals surface area contributed by atoms with Gasteiger partial charge in [0, 0.05) is 0 Å². The van der Waals surface area contributed by atoms with Crippen LogP contribution in [0.2, 0.25) is 0 Å². The second-order valence-electron chi connectivity index (χ2n) is 3.34. The summed E-state index contributed by atoms with van der Waals surface area (Å²) >= 11 is 1.71. The number of esters is 1. The lowest BCUT2D eigenvalue weighted by Crippen LogP contribution is -2.14. The van der Waals surface area contributed by atoms with E-state index in [0.29, 0.717) is 23.9 Å². The number of hydrogen-bond acceptors (Lipinski definition) is 6. The number of aryl methyl sites for hydroxylation is 1. The second kappa shape index (κ2) is 6.44. The monoisotopic (exact) mass is 255 g/mol. The molecule has 0 spiro atoms. The molecule has 0 fully saturated rings. The van der Waals surface area contributed by atoms with E-state index in [1.54, 1.807) is 25.6 Å². The van der Waals surface area contributed by atoms with Crippen molar-refractivity contribution < 1.29 is 9.53 Å². The van der Waals surface area contributed by atoms with Crippen molar-refractivity contribution in [3.05, 3.63) is 17.1 Å². The molecule has 0 aromatic carbocycles. The molecule has 1 rings (SSSR count). The highest BCUT2D eigenvalue weighted by Crippen LogP contribution is 2.17. The van der Waals surface area contributed by atoms with Gasteiger partial charge in [-0.2, -0.15) is 11.8 Å². The van der Waals surface area contributed by atoms with Crippen LogP contribution < -0.4 is 5.73 Å². The minimum Gasteiger partial charge on any atom is -0.462 e. The van der Waals surface area contributed by atoms with Crippen LogP contribution in [0.25, 0.3) is 0 Å². The van der Waals surface area contributed by atoms with Crippen LogP contribution in [0.5, 0.6) is 0 Å². The summed E-state index contributed by atoms with van der Waals surface area (Å²) in [5, 5.41) is 0. The minimum atomic E-state index is -0.461. The van der Waals surface area contributed by atoms with E-state index in [-0.39, 0.29) is 11.4 Å². The molecule has 0 aliphatic rings. The molecular formula is C11H17N3O2S. The average molecular weight is 255 g/mol. The molecule has 5 nitrogen and oxygen atoms in total. The van der Waals surface area contributed by atoms with Gasteiger partial charge < -0.3 is 10.5 Å². The highest BCUT2D eigenvalue weighted by atomic mass is 32.2. The Bertz CT molecular complexity index is 387. The highest BCUT2D eigenvalue weighted by molar-refractivity contribution is 7.98. The maximum Gasteiger partial charge on any atom is 0.343 e. The third-order valence-corrected chi connectivity index (χ3v) is 2.95. The number of ether oxygens (including phenoxy) is 1. The number of rotatable bonds is 5. The number of nitrogens with zero attached hydrogens (tertiary/aromatic N) is 2. The van der Waals surface area contributed by atoms with Gasteiger partial charge in [0.1, 0.15) is 17.2 Å². The third-order valence-electron chi connectivity index (χ3n) is 2.08. The molecule has 0 aliphatic carbocycles. The molecule has 0 saturated carbocycles. The first kappa shape index (κ1) is 13.8. The molecule has 0 aliphatic heterocycles. The lowest BCUT2D eigenvalue weighted by Gasteiger charge is -2.09. The number of carbonyl (C=O) groups is 1. The molecule has 0 unspecified atom stereocenters. The van der Waals surface area contributed by atoms with Crippen molar-refractivity contribution in [3.8, 4) is 0 Å². The van der Waals surface area contributed by atoms with Gasteiger partial charge in [0.2, 0.25) is 0 Å². The quantitative estimate of drug-likeness (QED) is 0.808. The Morgan fingerprint density at radius 2 is 2.12 bits per heavy atom. The predicted octanol–water partition coefficient (Wildman–Crippen LogP) is 1.80. The zero-order valence-electron chi connectivity index (χ0n) is 10.3. The van der Waals surface area contributed by atoms with E-state index in [1.165, 1.54) is 0 Å². The largest absolute Gasteiger partial charge is 0.462 e. The first-order valence-electron chi connectivity index (χ1n) is 5.48. The fraction of sp³-hybridized carbons (Fsp3) is 0.545. The lowest BCUT2D eigenvalue weighted by molar-refractivity contribution is 0.0526. The summed E-state index contributed by atoms with van der Waals surface area (Å²) < 4.78 is 4.91. The second-order valence-corrected chi connectivity index (χ2v) is 4.62. The Hall–Kier alpha value is -1.30. The van der Waals surface area contributed by atoms with Crippen molar-refractivity contribution in [1.29, 1.82) is 0 Å². The molecule has 0 radical (unpaired) electrons. The maximum atomic E-state index is 11.6. The average Bonchev–Trinajstić information content (AvgIpc) is 2.25. The standard InChI is InChI=1S/C11H17N3O2S/c1-4-16-11(15)9-7(3)13-8(6-17-5-2)14-10(9)12/h4-6H2,1-3H3,(H2,12,13,14). The van der Waals surface area contributed by atoms with Gasteiger partial charge >= 0.3 is 5.97 Å². The molecule has 1 aromatic heterocycles. The van der Waals surface area contributed by atoms with E-state index < -0.39 is 5.97 Å². The third kappa shape index (κ3) is 3.59. The normalized spacial score (nSPS) is 10.3. The number of anilines is 1. The van der Waals surface area contributed by atoms with Gasteiger partial charge in [-0.25, -0.2) is 14.8 Å². The van der Waals surface area contributed by atoms with Gasteiger partial charge in [0.25, 0.3) is 0 Å². The molecule has 6 heteroatoms. The Morgan fingerprint density at radius 1 is 1.41 bits per heavy atom. The summed E-state index contributed by atoms with van der Waals surface area (Å²) in [5.74, 6) is 2.08. The van der Waals surface area contributed by atoms with Crippen molar-refractivity contribution >= 4 is 23.5 Å². The zero-order chi connectivity index (χ0) is 12.8. The molecular weight excluding hydrogens is 238 g/mol. The maximum absolute atomic E-state index is 11.6. The van der Waals surface area contributed by atoms with Crippen molar-refractivity contribution in [2.24, 2.45) is 0 Å². The van der Waals surface area contributed by atoms with Gasteiger partial charge in [-0.15, -0.1) is 0 Å². The van der Waals surface area contributed by atoms with Crippen molar-refractivity contribution in [2.45, 2.75) is 26.5 Å². The topological polar surface area (TPSA) is 78.1 Å². The number of nitrogens with two attached hydrogens (primary N) is 1. The van der Waals surface area contributed by atoms with Gasteiger partial charge in [-0.3, -0.25) is 0 Å². The Morgan fingerprint density at radius 3 is 2.65 bits per heavy atom. The number of hydrogen-bond donors (Lipinski definition) is 1. The van der Waals surface area contributed by atoms with Crippen LogP contribution in [0.1, 0.15) is 35.7 Å². The van der Waals surface area contributed by atoms with E-state index in [4.69, 9.17) is 10.5 Å². The van der Waals surface area contributed by atoms with Crippen molar-refractivity contribution in [3.63, 3.8) is 0 Å². The smallest absolute Gasteiger partial charge is 0.343 e. The molecule has 0 atom stereocenters. The first-order valence-corrected chi connectivity index (χ1v) is 6.63. The molecule has 0 amide bonds. The van der Waals surface area contributed by atoms with Crippen molar-refractivity contribution in [2.75, 3.05) is 18.1 Å². The van der Waals surface area contributed by atoms with Crippen LogP contribution in [-0.2, 0) is 10.5 Å². The minimum absolute atomic E-state index is 0.197. The molecule has 0 bridgehead atoms. The van der Waals surface area contributed by atoms with Crippen LogP contribution in [0.4, 0.5) is 5.82 Å². The van der Waals surface area contributed by atoms with Crippen LogP contribution >= 0.6 is 11.8 Å². The van der Waals surface area contributed by atoms with Gasteiger partial charge in [-0.05, 0) is 19.6 Å². The molecule has 0 saturated heterocycles. The number of aromatic nitrogens is 2. The first-order chi connectivity index (χ1) is 8.10. The van der Waals surface area contributed by atoms with Gasteiger partial charge in [0.05, 0.1) is 18.1 Å². The summed E-state index contributed by atoms with van der Waals surface area (Å²) in [6.07, 6.45) is 0. The van der Waals surface area contributed by atoms with E-state index in [2.05, 4.69) is 16.9 Å². The van der Waals surface area contributed by atoms with E-state index >= 15 is 0 Å². The van der Waals surface area contributed by atoms with Crippen LogP contribution in [0.3, 0.4) is 0 Å². The molecule has 1 aromatic rings. The molecule has 1 heterocycles. The SMILES string of the molecule is CCOC(=O)c1c(C)nc(CSCC)nc1N. The molecule has 2 N–H and O–H groups in total. The Kier molecular flexibility index (Phi) is 5.21. The highest BCUT2D eigenvalue weighted by Gasteiger charge is 2.17. The summed E-state index contributed by atoms with van der Waals surface area (Å²) in [7, 11) is 0. The number of nitrogen functional groups attached to an aromatic ring is 1. The fourth-order valence-corrected chi connectivity index (χ4v) is 1.88. The van der Waals surface area contributed by atoms with E-state index in [0.717, 1.165) is 5.75 Å². The van der Waals surface area contributed by atoms with E-state index in [9.17, 15) is 4.79 Å².